The number of hydrogen-bond acceptors (Lipinski definition) is 3. The third-order valence-electron chi connectivity index (χ3n) is 5.83. The Kier molecular flexibility index (Phi) is 5.78. The molecule has 1 aromatic heterocycles. The average molecular weight is 412 g/mol. The van der Waals surface area contributed by atoms with Crippen LogP contribution in [0.15, 0.2) is 22.8 Å². The van der Waals surface area contributed by atoms with Crippen molar-refractivity contribution >= 4 is 39.1 Å². The quantitative estimate of drug-likeness (QED) is 0.541. The van der Waals surface area contributed by atoms with Gasteiger partial charge in [0.25, 0.3) is 0 Å². The van der Waals surface area contributed by atoms with E-state index in [1.807, 2.05) is 12.1 Å². The Morgan fingerprint density at radius 1 is 1.42 bits per heavy atom. The van der Waals surface area contributed by atoms with Gasteiger partial charge < -0.3 is 15.4 Å². The summed E-state index contributed by atoms with van der Waals surface area (Å²) < 4.78 is 6.85. The van der Waals surface area contributed by atoms with E-state index in [2.05, 4.69) is 45.4 Å². The van der Waals surface area contributed by atoms with Gasteiger partial charge in [0.2, 0.25) is 0 Å². The lowest BCUT2D eigenvalue weighted by Crippen LogP contribution is -2.53. The van der Waals surface area contributed by atoms with E-state index in [9.17, 15) is 0 Å². The molecule has 4 rings (SSSR count). The van der Waals surface area contributed by atoms with Gasteiger partial charge in [-0.25, -0.2) is 4.98 Å². The van der Waals surface area contributed by atoms with Crippen LogP contribution in [0.25, 0.3) is 0 Å². The molecule has 6 heteroatoms. The molecule has 3 fully saturated rings. The van der Waals surface area contributed by atoms with E-state index < -0.39 is 0 Å². The molecule has 3 aliphatic carbocycles. The fourth-order valence-electron chi connectivity index (χ4n) is 4.24. The van der Waals surface area contributed by atoms with Crippen LogP contribution in [0.2, 0.25) is 0 Å². The Labute approximate surface area is 158 Å². The fraction of sp³-hybridized carbons (Fsp3) is 0.667. The van der Waals surface area contributed by atoms with Crippen molar-refractivity contribution in [3.05, 3.63) is 22.8 Å². The molecular formula is C18H26BrN3OS. The van der Waals surface area contributed by atoms with E-state index in [0.29, 0.717) is 23.7 Å². The molecule has 0 aromatic carbocycles. The number of anilines is 1. The van der Waals surface area contributed by atoms with Crippen LogP contribution in [-0.4, -0.2) is 29.9 Å². The van der Waals surface area contributed by atoms with Crippen LogP contribution in [0.3, 0.4) is 0 Å². The Balaban J connectivity index is 1.30. The lowest BCUT2D eigenvalue weighted by molar-refractivity contribution is -0.123. The normalized spacial score (nSPS) is 27.2. The zero-order valence-corrected chi connectivity index (χ0v) is 16.8. The summed E-state index contributed by atoms with van der Waals surface area (Å²) in [6, 6.07) is 3.81. The molecule has 1 aromatic rings. The van der Waals surface area contributed by atoms with Gasteiger partial charge in [0.05, 0.1) is 6.61 Å². The van der Waals surface area contributed by atoms with Gasteiger partial charge in [-0.1, -0.05) is 13.8 Å². The van der Waals surface area contributed by atoms with E-state index in [1.54, 1.807) is 6.20 Å². The summed E-state index contributed by atoms with van der Waals surface area (Å²) in [5.74, 6) is 3.29. The molecule has 4 nitrogen and oxygen atoms in total. The number of nitrogens with one attached hydrogen (secondary N) is 2. The third-order valence-corrected chi connectivity index (χ3v) is 6.55. The van der Waals surface area contributed by atoms with Crippen LogP contribution < -0.4 is 10.6 Å². The second kappa shape index (κ2) is 7.67. The minimum atomic E-state index is 0.535. The minimum Gasteiger partial charge on any atom is -0.379 e. The van der Waals surface area contributed by atoms with Gasteiger partial charge in [0, 0.05) is 23.8 Å². The second-order valence-electron chi connectivity index (χ2n) is 7.52. The molecule has 2 bridgehead atoms. The van der Waals surface area contributed by atoms with Crippen molar-refractivity contribution in [2.24, 2.45) is 23.2 Å². The summed E-state index contributed by atoms with van der Waals surface area (Å²) >= 11 is 8.63. The standard InChI is InChI=1S/C18H26BrN3OS/c1-18(2)13-4-3-12(15(18)9-13)11-23-8-7-20-17(24)22-16-6-5-14(19)10-21-16/h5-6,10,12-13,15H,3-4,7-9,11H2,1-2H3,(H2,20,21,22,24). The number of thiocarbonyl (C=S) groups is 1. The minimum absolute atomic E-state index is 0.535. The van der Waals surface area contributed by atoms with Crippen molar-refractivity contribution in [1.29, 1.82) is 0 Å². The Hall–Kier alpha value is -0.720. The van der Waals surface area contributed by atoms with Gasteiger partial charge in [-0.2, -0.15) is 0 Å². The summed E-state index contributed by atoms with van der Waals surface area (Å²) in [5, 5.41) is 6.81. The van der Waals surface area contributed by atoms with E-state index in [0.717, 1.165) is 34.7 Å². The van der Waals surface area contributed by atoms with Crippen molar-refractivity contribution in [2.75, 3.05) is 25.1 Å². The van der Waals surface area contributed by atoms with Crippen LogP contribution in [0.1, 0.15) is 33.1 Å². The zero-order valence-electron chi connectivity index (χ0n) is 14.3. The van der Waals surface area contributed by atoms with Crippen LogP contribution in [0.5, 0.6) is 0 Å². The lowest BCUT2D eigenvalue weighted by atomic mass is 9.46. The van der Waals surface area contributed by atoms with Gasteiger partial charge in [0.1, 0.15) is 5.82 Å². The molecule has 3 saturated carbocycles. The maximum absolute atomic E-state index is 5.91. The highest BCUT2D eigenvalue weighted by molar-refractivity contribution is 9.10. The van der Waals surface area contributed by atoms with Crippen molar-refractivity contribution in [1.82, 2.24) is 10.3 Å². The monoisotopic (exact) mass is 411 g/mol. The molecular weight excluding hydrogens is 386 g/mol. The SMILES string of the molecule is CC1(C)C2CCC(COCCNC(=S)Nc3ccc(Br)cn3)C1C2. The smallest absolute Gasteiger partial charge is 0.172 e. The van der Waals surface area contributed by atoms with Crippen molar-refractivity contribution in [3.63, 3.8) is 0 Å². The van der Waals surface area contributed by atoms with Crippen LogP contribution in [0, 0.1) is 23.2 Å². The molecule has 3 aliphatic rings. The predicted molar refractivity (Wildman–Crippen MR) is 105 cm³/mol. The van der Waals surface area contributed by atoms with Crippen molar-refractivity contribution in [2.45, 2.75) is 33.1 Å². The molecule has 132 valence electrons. The van der Waals surface area contributed by atoms with Gasteiger partial charge in [-0.15, -0.1) is 0 Å². The molecule has 0 radical (unpaired) electrons. The second-order valence-corrected chi connectivity index (χ2v) is 8.84. The topological polar surface area (TPSA) is 46.2 Å². The maximum atomic E-state index is 5.91. The largest absolute Gasteiger partial charge is 0.379 e. The highest BCUT2D eigenvalue weighted by Gasteiger charge is 2.53. The van der Waals surface area contributed by atoms with E-state index in [4.69, 9.17) is 17.0 Å². The summed E-state index contributed by atoms with van der Waals surface area (Å²) in [4.78, 5) is 4.23. The number of hydrogen-bond donors (Lipinski definition) is 2. The molecule has 3 unspecified atom stereocenters. The van der Waals surface area contributed by atoms with E-state index >= 15 is 0 Å². The number of fused-ring (bicyclic) bond motifs is 2. The van der Waals surface area contributed by atoms with Crippen LogP contribution in [0.4, 0.5) is 5.82 Å². The fourth-order valence-corrected chi connectivity index (χ4v) is 4.68. The van der Waals surface area contributed by atoms with Crippen LogP contribution in [-0.2, 0) is 4.74 Å². The summed E-state index contributed by atoms with van der Waals surface area (Å²) in [5.41, 5.74) is 0.535. The summed E-state index contributed by atoms with van der Waals surface area (Å²) in [7, 11) is 0. The van der Waals surface area contributed by atoms with Crippen LogP contribution >= 0.6 is 28.1 Å². The number of pyridine rings is 1. The Bertz CT molecular complexity index is 576. The first-order valence-corrected chi connectivity index (χ1v) is 9.91. The van der Waals surface area contributed by atoms with Gasteiger partial charge >= 0.3 is 0 Å². The number of rotatable bonds is 6. The first-order valence-electron chi connectivity index (χ1n) is 8.71. The highest BCUT2D eigenvalue weighted by atomic mass is 79.9. The third kappa shape index (κ3) is 4.09. The van der Waals surface area contributed by atoms with Crippen molar-refractivity contribution in [3.8, 4) is 0 Å². The van der Waals surface area contributed by atoms with Gasteiger partial charge in [0.15, 0.2) is 5.11 Å². The molecule has 3 atom stereocenters. The number of aromatic nitrogens is 1. The Morgan fingerprint density at radius 3 is 2.92 bits per heavy atom. The zero-order chi connectivity index (χ0) is 17.2. The molecule has 1 heterocycles. The number of halogens is 1. The van der Waals surface area contributed by atoms with Gasteiger partial charge in [-0.3, -0.25) is 0 Å². The first-order chi connectivity index (χ1) is 11.5. The molecule has 0 amide bonds. The Morgan fingerprint density at radius 2 is 2.25 bits per heavy atom. The maximum Gasteiger partial charge on any atom is 0.172 e. The summed E-state index contributed by atoms with van der Waals surface area (Å²) in [6.07, 6.45) is 5.86. The molecule has 2 N–H and O–H groups in total. The van der Waals surface area contributed by atoms with Gasteiger partial charge in [-0.05, 0) is 82.7 Å². The molecule has 0 aliphatic heterocycles. The first kappa shape index (κ1) is 18.1. The van der Waals surface area contributed by atoms with E-state index in [1.165, 1.54) is 19.3 Å². The predicted octanol–water partition coefficient (Wildman–Crippen LogP) is 4.22. The molecule has 0 spiro atoms. The lowest BCUT2D eigenvalue weighted by Gasteiger charge is -2.60. The number of ether oxygens (including phenoxy) is 1. The number of nitrogens with zero attached hydrogens (tertiary/aromatic N) is 1. The van der Waals surface area contributed by atoms with Crippen molar-refractivity contribution < 1.29 is 4.74 Å². The summed E-state index contributed by atoms with van der Waals surface area (Å²) in [6.45, 7) is 7.14. The average Bonchev–Trinajstić information content (AvgIpc) is 2.56. The molecule has 24 heavy (non-hydrogen) atoms. The van der Waals surface area contributed by atoms with E-state index in [-0.39, 0.29) is 0 Å². The highest BCUT2D eigenvalue weighted by Crippen LogP contribution is 2.61. The molecule has 0 saturated heterocycles.